The highest BCUT2D eigenvalue weighted by Gasteiger charge is 2.11. The van der Waals surface area contributed by atoms with Gasteiger partial charge in [-0.25, -0.2) is 0 Å². The van der Waals surface area contributed by atoms with Crippen molar-refractivity contribution < 1.29 is 4.74 Å². The van der Waals surface area contributed by atoms with Gasteiger partial charge >= 0.3 is 0 Å². The molecular formula is C22H26N6O. The van der Waals surface area contributed by atoms with Gasteiger partial charge in [0.1, 0.15) is 5.75 Å². The highest BCUT2D eigenvalue weighted by atomic mass is 16.5. The Morgan fingerprint density at radius 1 is 1.00 bits per heavy atom. The Morgan fingerprint density at radius 3 is 2.48 bits per heavy atom. The molecule has 0 amide bonds. The van der Waals surface area contributed by atoms with Crippen molar-refractivity contribution >= 4 is 23.1 Å². The molecule has 1 saturated heterocycles. The van der Waals surface area contributed by atoms with Crippen molar-refractivity contribution in [2.75, 3.05) is 42.3 Å². The molecule has 3 aromatic rings. The molecule has 2 N–H and O–H groups in total. The van der Waals surface area contributed by atoms with Gasteiger partial charge < -0.3 is 20.3 Å². The molecule has 4 rings (SSSR count). The summed E-state index contributed by atoms with van der Waals surface area (Å²) in [5.74, 6) is 2.04. The lowest BCUT2D eigenvalue weighted by Gasteiger charge is -2.17. The summed E-state index contributed by atoms with van der Waals surface area (Å²) in [5, 5.41) is 14.6. The lowest BCUT2D eigenvalue weighted by atomic mass is 10.1. The molecule has 1 fully saturated rings. The van der Waals surface area contributed by atoms with Gasteiger partial charge in [-0.1, -0.05) is 12.1 Å². The number of nitrogens with one attached hydrogen (secondary N) is 2. The van der Waals surface area contributed by atoms with Gasteiger partial charge in [-0.2, -0.15) is 10.1 Å². The Labute approximate surface area is 171 Å². The molecular weight excluding hydrogens is 364 g/mol. The SMILES string of the molecule is COc1ccc(CCNc2nncc(Nc3ccc(N4CCCC4)cc3)n2)cc1. The first-order valence-electron chi connectivity index (χ1n) is 9.99. The second kappa shape index (κ2) is 9.23. The maximum Gasteiger partial charge on any atom is 0.244 e. The molecule has 1 aromatic heterocycles. The average Bonchev–Trinajstić information content (AvgIpc) is 3.30. The Bertz CT molecular complexity index is 907. The summed E-state index contributed by atoms with van der Waals surface area (Å²) >= 11 is 0. The molecule has 2 heterocycles. The quantitative estimate of drug-likeness (QED) is 0.604. The molecule has 7 heteroatoms. The highest BCUT2D eigenvalue weighted by Crippen LogP contribution is 2.23. The Kier molecular flexibility index (Phi) is 6.04. The van der Waals surface area contributed by atoms with E-state index in [4.69, 9.17) is 4.74 Å². The van der Waals surface area contributed by atoms with Crippen LogP contribution in [0.25, 0.3) is 0 Å². The topological polar surface area (TPSA) is 75.2 Å². The standard InChI is InChI=1S/C22H26N6O/c1-29-20-10-4-17(5-11-20)12-13-23-22-26-21(16-24-27-22)25-18-6-8-19(9-7-18)28-14-2-3-15-28/h4-11,16H,2-3,12-15H2,1H3,(H2,23,25,26,27). The van der Waals surface area contributed by atoms with Crippen LogP contribution in [0.2, 0.25) is 0 Å². The van der Waals surface area contributed by atoms with Crippen LogP contribution >= 0.6 is 0 Å². The molecule has 0 spiro atoms. The van der Waals surface area contributed by atoms with Crippen molar-refractivity contribution in [3.63, 3.8) is 0 Å². The zero-order valence-electron chi connectivity index (χ0n) is 16.6. The highest BCUT2D eigenvalue weighted by molar-refractivity contribution is 5.61. The van der Waals surface area contributed by atoms with Crippen LogP contribution in [0.1, 0.15) is 18.4 Å². The molecule has 7 nitrogen and oxygen atoms in total. The van der Waals surface area contributed by atoms with Gasteiger partial charge in [0.2, 0.25) is 5.95 Å². The van der Waals surface area contributed by atoms with Gasteiger partial charge in [-0.3, -0.25) is 0 Å². The third kappa shape index (κ3) is 5.13. The maximum atomic E-state index is 5.18. The van der Waals surface area contributed by atoms with Crippen molar-refractivity contribution in [3.8, 4) is 5.75 Å². The molecule has 0 radical (unpaired) electrons. The smallest absolute Gasteiger partial charge is 0.244 e. The number of rotatable bonds is 8. The van der Waals surface area contributed by atoms with Crippen molar-refractivity contribution in [2.45, 2.75) is 19.3 Å². The predicted molar refractivity (Wildman–Crippen MR) is 116 cm³/mol. The molecule has 150 valence electrons. The number of hydrogen-bond acceptors (Lipinski definition) is 7. The van der Waals surface area contributed by atoms with Gasteiger partial charge in [0, 0.05) is 31.0 Å². The number of benzene rings is 2. The molecule has 0 unspecified atom stereocenters. The predicted octanol–water partition coefficient (Wildman–Crippen LogP) is 3.88. The van der Waals surface area contributed by atoms with E-state index in [0.717, 1.165) is 37.5 Å². The summed E-state index contributed by atoms with van der Waals surface area (Å²) in [5.41, 5.74) is 3.48. The summed E-state index contributed by atoms with van der Waals surface area (Å²) in [6.45, 7) is 3.02. The van der Waals surface area contributed by atoms with Gasteiger partial charge in [-0.05, 0) is 61.2 Å². The number of ether oxygens (including phenoxy) is 1. The fourth-order valence-corrected chi connectivity index (χ4v) is 3.43. The Balaban J connectivity index is 1.30. The van der Waals surface area contributed by atoms with Crippen LogP contribution in [0.3, 0.4) is 0 Å². The molecule has 1 aliphatic heterocycles. The fourth-order valence-electron chi connectivity index (χ4n) is 3.43. The lowest BCUT2D eigenvalue weighted by Crippen LogP contribution is -2.17. The molecule has 0 atom stereocenters. The van der Waals surface area contributed by atoms with Gasteiger partial charge in [-0.15, -0.1) is 5.10 Å². The fraction of sp³-hybridized carbons (Fsp3) is 0.318. The first-order valence-corrected chi connectivity index (χ1v) is 9.99. The molecule has 1 aliphatic rings. The molecule has 0 bridgehead atoms. The number of nitrogens with zero attached hydrogens (tertiary/aromatic N) is 4. The van der Waals surface area contributed by atoms with E-state index in [2.05, 4.69) is 67.1 Å². The third-order valence-electron chi connectivity index (χ3n) is 5.03. The van der Waals surface area contributed by atoms with Crippen LogP contribution in [0, 0.1) is 0 Å². The average molecular weight is 390 g/mol. The third-order valence-corrected chi connectivity index (χ3v) is 5.03. The second-order valence-electron chi connectivity index (χ2n) is 7.06. The zero-order valence-corrected chi connectivity index (χ0v) is 16.6. The first kappa shape index (κ1) is 19.0. The van der Waals surface area contributed by atoms with E-state index < -0.39 is 0 Å². The number of hydrogen-bond donors (Lipinski definition) is 2. The van der Waals surface area contributed by atoms with Crippen LogP contribution in [-0.2, 0) is 6.42 Å². The number of methoxy groups -OCH3 is 1. The van der Waals surface area contributed by atoms with Gasteiger partial charge in [0.25, 0.3) is 0 Å². The van der Waals surface area contributed by atoms with E-state index >= 15 is 0 Å². The minimum absolute atomic E-state index is 0.511. The number of aromatic nitrogens is 3. The lowest BCUT2D eigenvalue weighted by molar-refractivity contribution is 0.414. The van der Waals surface area contributed by atoms with E-state index in [1.165, 1.54) is 24.1 Å². The van der Waals surface area contributed by atoms with Crippen molar-refractivity contribution in [2.24, 2.45) is 0 Å². The van der Waals surface area contributed by atoms with E-state index in [-0.39, 0.29) is 0 Å². The van der Waals surface area contributed by atoms with Crippen LogP contribution in [0.4, 0.5) is 23.1 Å². The van der Waals surface area contributed by atoms with Gasteiger partial charge in [0.15, 0.2) is 5.82 Å². The minimum Gasteiger partial charge on any atom is -0.497 e. The molecule has 0 aliphatic carbocycles. The first-order chi connectivity index (χ1) is 14.3. The summed E-state index contributed by atoms with van der Waals surface area (Å²) in [4.78, 5) is 6.92. The van der Waals surface area contributed by atoms with Crippen molar-refractivity contribution in [1.29, 1.82) is 0 Å². The van der Waals surface area contributed by atoms with E-state index in [0.29, 0.717) is 11.8 Å². The Morgan fingerprint density at radius 2 is 1.76 bits per heavy atom. The van der Waals surface area contributed by atoms with Crippen LogP contribution < -0.4 is 20.3 Å². The molecule has 2 aromatic carbocycles. The summed E-state index contributed by atoms with van der Waals surface area (Å²) < 4.78 is 5.18. The Hall–Kier alpha value is -3.35. The summed E-state index contributed by atoms with van der Waals surface area (Å²) in [6, 6.07) is 16.5. The monoisotopic (exact) mass is 390 g/mol. The van der Waals surface area contributed by atoms with Crippen LogP contribution in [0.5, 0.6) is 5.75 Å². The summed E-state index contributed by atoms with van der Waals surface area (Å²) in [7, 11) is 1.67. The molecule has 29 heavy (non-hydrogen) atoms. The second-order valence-corrected chi connectivity index (χ2v) is 7.06. The normalized spacial score (nSPS) is 13.3. The minimum atomic E-state index is 0.511. The zero-order chi connectivity index (χ0) is 19.9. The maximum absolute atomic E-state index is 5.18. The largest absolute Gasteiger partial charge is 0.497 e. The van der Waals surface area contributed by atoms with Crippen LogP contribution in [-0.4, -0.2) is 41.9 Å². The van der Waals surface area contributed by atoms with E-state index in [1.807, 2.05) is 12.1 Å². The van der Waals surface area contributed by atoms with Gasteiger partial charge in [0.05, 0.1) is 13.3 Å². The van der Waals surface area contributed by atoms with Crippen LogP contribution in [0.15, 0.2) is 54.7 Å². The summed E-state index contributed by atoms with van der Waals surface area (Å²) in [6.07, 6.45) is 5.05. The van der Waals surface area contributed by atoms with Crippen molar-refractivity contribution in [1.82, 2.24) is 15.2 Å². The van der Waals surface area contributed by atoms with E-state index in [9.17, 15) is 0 Å². The number of anilines is 4. The molecule has 0 saturated carbocycles. The van der Waals surface area contributed by atoms with E-state index in [1.54, 1.807) is 13.3 Å². The van der Waals surface area contributed by atoms with Crippen molar-refractivity contribution in [3.05, 3.63) is 60.3 Å².